The monoisotopic (exact) mass is 179 g/mol. The summed E-state index contributed by atoms with van der Waals surface area (Å²) in [5, 5.41) is 5.39. The molecule has 0 aromatic heterocycles. The Kier molecular flexibility index (Phi) is 4.21. The molecule has 0 aliphatic carbocycles. The zero-order valence-electron chi connectivity index (χ0n) is 9.20. The summed E-state index contributed by atoms with van der Waals surface area (Å²) in [4.78, 5) is 0. The fourth-order valence-electron chi connectivity index (χ4n) is 1.90. The van der Waals surface area contributed by atoms with Crippen LogP contribution in [0.3, 0.4) is 0 Å². The van der Waals surface area contributed by atoms with Crippen LogP contribution in [0.15, 0.2) is 54.6 Å². The van der Waals surface area contributed by atoms with Crippen molar-refractivity contribution in [1.29, 1.82) is 0 Å². The standard InChI is InChI=1S/C13H9.2Li/c1-3-7-12-10(5-1)9-11-6-2-4-8-13(11)12;;/h1-9H;;/q-1;2*+1. The molecule has 0 amide bonds. The largest absolute Gasteiger partial charge is 1.00 e. The molecule has 15 heavy (non-hydrogen) atoms. The van der Waals surface area contributed by atoms with Crippen LogP contribution in [-0.2, 0) is 0 Å². The van der Waals surface area contributed by atoms with E-state index in [4.69, 9.17) is 0 Å². The molecule has 0 nitrogen and oxygen atoms in total. The molecule has 0 saturated heterocycles. The second kappa shape index (κ2) is 5.02. The molecule has 0 heterocycles. The van der Waals surface area contributed by atoms with Gasteiger partial charge in [-0.25, -0.2) is 0 Å². The van der Waals surface area contributed by atoms with E-state index in [1.165, 1.54) is 21.5 Å². The Balaban J connectivity index is 0.000000562. The molecule has 0 radical (unpaired) electrons. The summed E-state index contributed by atoms with van der Waals surface area (Å²) in [6.45, 7) is 0. The number of benzene rings is 2. The van der Waals surface area contributed by atoms with E-state index < -0.39 is 0 Å². The number of hydrogen-bond acceptors (Lipinski definition) is 0. The molecular formula is C13H9Li2+. The first kappa shape index (κ1) is 12.6. The smallest absolute Gasteiger partial charge is 0.126 e. The maximum atomic E-state index is 2.24. The third-order valence-corrected chi connectivity index (χ3v) is 2.52. The van der Waals surface area contributed by atoms with Crippen LogP contribution in [-0.4, -0.2) is 0 Å². The predicted molar refractivity (Wildman–Crippen MR) is 57.0 cm³/mol. The van der Waals surface area contributed by atoms with Crippen molar-refractivity contribution < 1.29 is 37.7 Å². The Bertz CT molecular complexity index is 516. The summed E-state index contributed by atoms with van der Waals surface area (Å²) in [7, 11) is 0. The van der Waals surface area contributed by atoms with Gasteiger partial charge in [-0.2, -0.15) is 0 Å². The van der Waals surface area contributed by atoms with Crippen molar-refractivity contribution in [3.63, 3.8) is 0 Å². The third kappa shape index (κ3) is 2.05. The molecule has 0 unspecified atom stereocenters. The zero-order chi connectivity index (χ0) is 8.67. The first-order chi connectivity index (χ1) is 6.45. The van der Waals surface area contributed by atoms with Gasteiger partial charge >= 0.3 is 37.7 Å². The van der Waals surface area contributed by atoms with Gasteiger partial charge in [0.25, 0.3) is 0 Å². The Hall–Kier alpha value is -0.495. The SMILES string of the molecule is [Li+].[Li+].c1ccc2c(c1)[cH-]c1ccccc12. The third-order valence-electron chi connectivity index (χ3n) is 2.52. The van der Waals surface area contributed by atoms with Crippen molar-refractivity contribution in [3.8, 4) is 0 Å². The van der Waals surface area contributed by atoms with Gasteiger partial charge in [0.15, 0.2) is 0 Å². The maximum Gasteiger partial charge on any atom is 1.00 e. The van der Waals surface area contributed by atoms with E-state index in [0.29, 0.717) is 0 Å². The molecule has 0 spiro atoms. The summed E-state index contributed by atoms with van der Waals surface area (Å²) >= 11 is 0. The minimum Gasteiger partial charge on any atom is -0.126 e. The summed E-state index contributed by atoms with van der Waals surface area (Å²) < 4.78 is 0. The minimum atomic E-state index is 0. The molecule has 0 saturated carbocycles. The normalized spacial score (nSPS) is 9.60. The van der Waals surface area contributed by atoms with E-state index >= 15 is 0 Å². The first-order valence-corrected chi connectivity index (χ1v) is 4.48. The summed E-state index contributed by atoms with van der Waals surface area (Å²) in [5.74, 6) is 0. The molecule has 0 atom stereocenters. The van der Waals surface area contributed by atoms with Crippen LogP contribution < -0.4 is 37.7 Å². The van der Waals surface area contributed by atoms with Gasteiger partial charge in [0, 0.05) is 0 Å². The van der Waals surface area contributed by atoms with Gasteiger partial charge in [0.1, 0.15) is 0 Å². The van der Waals surface area contributed by atoms with Crippen molar-refractivity contribution in [2.24, 2.45) is 0 Å². The molecule has 3 aromatic rings. The topological polar surface area (TPSA) is 0 Å². The maximum absolute atomic E-state index is 2.24. The van der Waals surface area contributed by atoms with Crippen LogP contribution in [0.5, 0.6) is 0 Å². The average Bonchev–Trinajstić information content (AvgIpc) is 2.56. The average molecular weight is 179 g/mol. The number of fused-ring (bicyclic) bond motifs is 3. The first-order valence-electron chi connectivity index (χ1n) is 4.48. The van der Waals surface area contributed by atoms with E-state index in [2.05, 4.69) is 54.6 Å². The van der Waals surface area contributed by atoms with Crippen molar-refractivity contribution >= 4 is 21.5 Å². The van der Waals surface area contributed by atoms with E-state index in [0.717, 1.165) is 0 Å². The zero-order valence-corrected chi connectivity index (χ0v) is 9.20. The fraction of sp³-hybridized carbons (Fsp3) is 0. The summed E-state index contributed by atoms with van der Waals surface area (Å²) in [5.41, 5.74) is 0. The van der Waals surface area contributed by atoms with Crippen LogP contribution >= 0.6 is 0 Å². The van der Waals surface area contributed by atoms with E-state index in [1.54, 1.807) is 0 Å². The van der Waals surface area contributed by atoms with E-state index in [1.807, 2.05) is 0 Å². The van der Waals surface area contributed by atoms with Gasteiger partial charge < -0.3 is 0 Å². The number of rotatable bonds is 0. The quantitative estimate of drug-likeness (QED) is 0.269. The summed E-state index contributed by atoms with van der Waals surface area (Å²) in [6.07, 6.45) is 0. The number of hydrogen-bond donors (Lipinski definition) is 0. The van der Waals surface area contributed by atoms with Crippen molar-refractivity contribution in [3.05, 3.63) is 54.6 Å². The van der Waals surface area contributed by atoms with E-state index in [-0.39, 0.29) is 37.7 Å². The van der Waals surface area contributed by atoms with Crippen LogP contribution in [0.25, 0.3) is 21.5 Å². The van der Waals surface area contributed by atoms with Crippen LogP contribution in [0.1, 0.15) is 0 Å². The Labute approximate surface area is 113 Å². The second-order valence-electron chi connectivity index (χ2n) is 3.32. The minimum absolute atomic E-state index is 0. The van der Waals surface area contributed by atoms with Crippen LogP contribution in [0.4, 0.5) is 0 Å². The molecule has 62 valence electrons. The fourth-order valence-corrected chi connectivity index (χ4v) is 1.90. The second-order valence-corrected chi connectivity index (χ2v) is 3.32. The predicted octanol–water partition coefficient (Wildman–Crippen LogP) is -2.28. The van der Waals surface area contributed by atoms with Crippen molar-refractivity contribution in [2.75, 3.05) is 0 Å². The Morgan fingerprint density at radius 1 is 0.600 bits per heavy atom. The Morgan fingerprint density at radius 3 is 1.47 bits per heavy atom. The summed E-state index contributed by atoms with van der Waals surface area (Å²) in [6, 6.07) is 19.3. The van der Waals surface area contributed by atoms with Gasteiger partial charge in [-0.3, -0.25) is 0 Å². The molecule has 0 fully saturated rings. The van der Waals surface area contributed by atoms with Crippen molar-refractivity contribution in [2.45, 2.75) is 0 Å². The molecule has 0 aliphatic rings. The van der Waals surface area contributed by atoms with Crippen molar-refractivity contribution in [1.82, 2.24) is 0 Å². The molecule has 3 rings (SSSR count). The van der Waals surface area contributed by atoms with Gasteiger partial charge in [-0.15, -0.1) is 39.7 Å². The van der Waals surface area contributed by atoms with Crippen LogP contribution in [0.2, 0.25) is 0 Å². The molecule has 3 aromatic carbocycles. The molecule has 0 bridgehead atoms. The molecule has 2 heteroatoms. The van der Waals surface area contributed by atoms with Gasteiger partial charge in [0.05, 0.1) is 0 Å². The van der Waals surface area contributed by atoms with Crippen LogP contribution in [0, 0.1) is 0 Å². The molecular weight excluding hydrogens is 170 g/mol. The molecule has 0 aliphatic heterocycles. The van der Waals surface area contributed by atoms with Gasteiger partial charge in [0.2, 0.25) is 0 Å². The Morgan fingerprint density at radius 2 is 1.00 bits per heavy atom. The van der Waals surface area contributed by atoms with Gasteiger partial charge in [-0.05, 0) is 0 Å². The van der Waals surface area contributed by atoms with E-state index in [9.17, 15) is 0 Å². The molecule has 0 N–H and O–H groups in total. The van der Waals surface area contributed by atoms with Gasteiger partial charge in [-0.1, -0.05) is 36.4 Å².